The van der Waals surface area contributed by atoms with Crippen molar-refractivity contribution in [2.24, 2.45) is 0 Å². The first-order valence-corrected chi connectivity index (χ1v) is 10.5. The molecule has 0 fully saturated rings. The van der Waals surface area contributed by atoms with Gasteiger partial charge in [0.05, 0.1) is 10.6 Å². The van der Waals surface area contributed by atoms with Gasteiger partial charge < -0.3 is 10.6 Å². The van der Waals surface area contributed by atoms with Gasteiger partial charge >= 0.3 is 0 Å². The normalized spacial score (nSPS) is 11.2. The second-order valence-corrected chi connectivity index (χ2v) is 8.81. The number of nitro groups is 1. The molecule has 0 bridgehead atoms. The second-order valence-electron chi connectivity index (χ2n) is 7.13. The van der Waals surface area contributed by atoms with Crippen molar-refractivity contribution in [2.45, 2.75) is 19.3 Å². The molecular formula is C20H18ClFN4O2S2. The number of hydrogen-bond donors (Lipinski definition) is 2. The Labute approximate surface area is 187 Å². The molecule has 0 spiro atoms. The highest BCUT2D eigenvalue weighted by molar-refractivity contribution is 7.80. The molecule has 0 aliphatic carbocycles. The van der Waals surface area contributed by atoms with E-state index in [-0.39, 0.29) is 11.5 Å². The third-order valence-corrected chi connectivity index (χ3v) is 5.73. The first-order valence-electron chi connectivity index (χ1n) is 8.87. The van der Waals surface area contributed by atoms with E-state index in [4.69, 9.17) is 23.8 Å². The van der Waals surface area contributed by atoms with Crippen LogP contribution in [0.5, 0.6) is 0 Å². The summed E-state index contributed by atoms with van der Waals surface area (Å²) in [6, 6.07) is 10.9. The van der Waals surface area contributed by atoms with E-state index in [1.54, 1.807) is 29.6 Å². The minimum Gasteiger partial charge on any atom is -0.362 e. The Morgan fingerprint density at radius 3 is 2.77 bits per heavy atom. The summed E-state index contributed by atoms with van der Waals surface area (Å²) in [7, 11) is 0. The lowest BCUT2D eigenvalue weighted by Crippen LogP contribution is -2.39. The molecule has 1 aromatic heterocycles. The van der Waals surface area contributed by atoms with Crippen LogP contribution in [0.15, 0.2) is 47.8 Å². The fourth-order valence-corrected chi connectivity index (χ4v) is 4.29. The summed E-state index contributed by atoms with van der Waals surface area (Å²) in [5.74, 6) is -0.366. The molecule has 2 aromatic carbocycles. The minimum atomic E-state index is -0.606. The van der Waals surface area contributed by atoms with Crippen molar-refractivity contribution in [2.75, 3.05) is 11.9 Å². The molecule has 0 aliphatic rings. The van der Waals surface area contributed by atoms with E-state index in [0.717, 1.165) is 0 Å². The third kappa shape index (κ3) is 5.10. The molecule has 1 heterocycles. The SMILES string of the molecule is CC(C)(CNC(=S)Nc1nc(-c2cccc([N+](=O)[O-])c2)cs1)c1c(F)cccc1Cl. The van der Waals surface area contributed by atoms with Gasteiger partial charge in [0.15, 0.2) is 10.2 Å². The number of nitrogens with zero attached hydrogens (tertiary/aromatic N) is 2. The van der Waals surface area contributed by atoms with Crippen LogP contribution in [0.1, 0.15) is 19.4 Å². The van der Waals surface area contributed by atoms with Crippen molar-refractivity contribution in [3.63, 3.8) is 0 Å². The number of benzene rings is 2. The Bertz CT molecular complexity index is 1080. The summed E-state index contributed by atoms with van der Waals surface area (Å²) in [6.45, 7) is 4.09. The number of anilines is 1. The highest BCUT2D eigenvalue weighted by atomic mass is 35.5. The highest BCUT2D eigenvalue weighted by Gasteiger charge is 2.27. The quantitative estimate of drug-likeness (QED) is 0.273. The van der Waals surface area contributed by atoms with Crippen molar-refractivity contribution in [1.29, 1.82) is 0 Å². The number of non-ortho nitro benzene ring substituents is 1. The lowest BCUT2D eigenvalue weighted by molar-refractivity contribution is -0.384. The number of hydrogen-bond acceptors (Lipinski definition) is 5. The summed E-state index contributed by atoms with van der Waals surface area (Å²) in [6.07, 6.45) is 0. The molecule has 0 saturated heterocycles. The smallest absolute Gasteiger partial charge is 0.270 e. The lowest BCUT2D eigenvalue weighted by Gasteiger charge is -2.27. The van der Waals surface area contributed by atoms with Crippen molar-refractivity contribution in [1.82, 2.24) is 10.3 Å². The van der Waals surface area contributed by atoms with Gasteiger partial charge in [-0.1, -0.05) is 43.6 Å². The predicted molar refractivity (Wildman–Crippen MR) is 123 cm³/mol. The summed E-state index contributed by atoms with van der Waals surface area (Å²) in [5.41, 5.74) is 1.06. The average molecular weight is 465 g/mol. The Hall–Kier alpha value is -2.62. The van der Waals surface area contributed by atoms with E-state index in [1.165, 1.54) is 29.5 Å². The number of aromatic nitrogens is 1. The molecule has 2 N–H and O–H groups in total. The van der Waals surface area contributed by atoms with Gasteiger partial charge in [0.1, 0.15) is 5.82 Å². The largest absolute Gasteiger partial charge is 0.362 e. The van der Waals surface area contributed by atoms with E-state index >= 15 is 0 Å². The molecule has 0 atom stereocenters. The summed E-state index contributed by atoms with van der Waals surface area (Å²) < 4.78 is 14.2. The summed E-state index contributed by atoms with van der Waals surface area (Å²) >= 11 is 12.8. The van der Waals surface area contributed by atoms with Gasteiger partial charge in [0.25, 0.3) is 5.69 Å². The van der Waals surface area contributed by atoms with Crippen LogP contribution in [0.4, 0.5) is 15.2 Å². The zero-order valence-corrected chi connectivity index (χ0v) is 18.5. The first-order chi connectivity index (χ1) is 14.2. The number of nitrogens with one attached hydrogen (secondary N) is 2. The zero-order chi connectivity index (χ0) is 21.9. The van der Waals surface area contributed by atoms with Gasteiger partial charge in [-0.25, -0.2) is 9.37 Å². The fourth-order valence-electron chi connectivity index (χ4n) is 2.92. The van der Waals surface area contributed by atoms with Crippen LogP contribution in [0.25, 0.3) is 11.3 Å². The van der Waals surface area contributed by atoms with E-state index in [0.29, 0.717) is 38.6 Å². The molecule has 0 aliphatic heterocycles. The van der Waals surface area contributed by atoms with Crippen molar-refractivity contribution in [3.05, 3.63) is 74.4 Å². The highest BCUT2D eigenvalue weighted by Crippen LogP contribution is 2.32. The van der Waals surface area contributed by atoms with Gasteiger partial charge in [-0.05, 0) is 24.4 Å². The maximum Gasteiger partial charge on any atom is 0.270 e. The molecule has 0 saturated carbocycles. The molecular weight excluding hydrogens is 447 g/mol. The average Bonchev–Trinajstić information content (AvgIpc) is 3.15. The number of halogens is 2. The van der Waals surface area contributed by atoms with Crippen LogP contribution < -0.4 is 10.6 Å². The summed E-state index contributed by atoms with van der Waals surface area (Å²) in [4.78, 5) is 14.9. The Morgan fingerprint density at radius 1 is 1.33 bits per heavy atom. The van der Waals surface area contributed by atoms with Gasteiger partial charge in [0, 0.05) is 45.6 Å². The van der Waals surface area contributed by atoms with Crippen LogP contribution in [-0.2, 0) is 5.41 Å². The molecule has 0 unspecified atom stereocenters. The van der Waals surface area contributed by atoms with Crippen LogP contribution in [0.3, 0.4) is 0 Å². The first kappa shape index (κ1) is 22.1. The van der Waals surface area contributed by atoms with E-state index < -0.39 is 10.3 Å². The predicted octanol–water partition coefficient (Wildman–Crippen LogP) is 5.78. The molecule has 0 amide bonds. The molecule has 10 heteroatoms. The summed E-state index contributed by atoms with van der Waals surface area (Å²) in [5, 5.41) is 20.0. The van der Waals surface area contributed by atoms with Gasteiger partial charge in [0.2, 0.25) is 0 Å². The molecule has 3 aromatic rings. The molecule has 6 nitrogen and oxygen atoms in total. The van der Waals surface area contributed by atoms with Crippen LogP contribution in [0, 0.1) is 15.9 Å². The number of thiocarbonyl (C=S) groups is 1. The third-order valence-electron chi connectivity index (χ3n) is 4.41. The zero-order valence-electron chi connectivity index (χ0n) is 16.1. The Morgan fingerprint density at radius 2 is 2.07 bits per heavy atom. The molecule has 0 radical (unpaired) electrons. The van der Waals surface area contributed by atoms with Crippen molar-refractivity contribution in [3.8, 4) is 11.3 Å². The Balaban J connectivity index is 1.65. The molecule has 156 valence electrons. The van der Waals surface area contributed by atoms with Crippen LogP contribution in [0.2, 0.25) is 5.02 Å². The number of thiazole rings is 1. The standard InChI is InChI=1S/C20H18ClFN4O2S2/c1-20(2,17-14(21)7-4-8-15(17)22)11-23-18(29)25-19-24-16(10-30-19)12-5-3-6-13(9-12)26(27)28/h3-10H,11H2,1-2H3,(H2,23,24,25,29). The van der Waals surface area contributed by atoms with Crippen LogP contribution in [-0.4, -0.2) is 21.6 Å². The van der Waals surface area contributed by atoms with Crippen molar-refractivity contribution >= 4 is 51.1 Å². The van der Waals surface area contributed by atoms with Crippen LogP contribution >= 0.6 is 35.2 Å². The number of nitro benzene ring substituents is 1. The molecule has 30 heavy (non-hydrogen) atoms. The van der Waals surface area contributed by atoms with Gasteiger partial charge in [-0.3, -0.25) is 10.1 Å². The van der Waals surface area contributed by atoms with Crippen molar-refractivity contribution < 1.29 is 9.31 Å². The fraction of sp³-hybridized carbons (Fsp3) is 0.200. The van der Waals surface area contributed by atoms with Gasteiger partial charge in [-0.15, -0.1) is 11.3 Å². The van der Waals surface area contributed by atoms with E-state index in [1.807, 2.05) is 13.8 Å². The Kier molecular flexibility index (Phi) is 6.64. The lowest BCUT2D eigenvalue weighted by atomic mass is 9.84. The second kappa shape index (κ2) is 9.03. The maximum atomic E-state index is 14.2. The van der Waals surface area contributed by atoms with E-state index in [2.05, 4.69) is 15.6 Å². The molecule has 3 rings (SSSR count). The minimum absolute atomic E-state index is 0.00114. The topological polar surface area (TPSA) is 80.1 Å². The van der Waals surface area contributed by atoms with E-state index in [9.17, 15) is 14.5 Å². The van der Waals surface area contributed by atoms with Gasteiger partial charge in [-0.2, -0.15) is 0 Å². The maximum absolute atomic E-state index is 14.2. The monoisotopic (exact) mass is 464 g/mol. The number of rotatable bonds is 6.